The molecular formula is C16H17N3O2. The molecule has 1 heterocycles. The normalized spacial score (nSPS) is 17.3. The topological polar surface area (TPSA) is 68.9 Å². The minimum absolute atomic E-state index is 0.150. The van der Waals surface area contributed by atoms with E-state index in [0.717, 1.165) is 24.8 Å². The van der Waals surface area contributed by atoms with E-state index in [1.54, 1.807) is 12.3 Å². The standard InChI is InChI=1S/C16H17N3O2/c20-19(21)16(10-5-2-6-11-16)14-9-12-17-15(18-14)13-7-3-1-4-8-13/h1,3-4,7-9,12H,2,5-6,10-11H2. The molecule has 0 spiro atoms. The number of rotatable bonds is 3. The van der Waals surface area contributed by atoms with Gasteiger partial charge in [0.25, 0.3) is 5.54 Å². The van der Waals surface area contributed by atoms with E-state index in [1.165, 1.54) is 0 Å². The second-order valence-electron chi connectivity index (χ2n) is 5.48. The summed E-state index contributed by atoms with van der Waals surface area (Å²) < 4.78 is 0. The summed E-state index contributed by atoms with van der Waals surface area (Å²) in [4.78, 5) is 20.3. The van der Waals surface area contributed by atoms with Gasteiger partial charge in [-0.15, -0.1) is 0 Å². The Morgan fingerprint density at radius 3 is 2.43 bits per heavy atom. The van der Waals surface area contributed by atoms with Crippen LogP contribution in [0.2, 0.25) is 0 Å². The third kappa shape index (κ3) is 2.51. The van der Waals surface area contributed by atoms with Gasteiger partial charge in [0, 0.05) is 29.5 Å². The van der Waals surface area contributed by atoms with Crippen LogP contribution in [-0.2, 0) is 5.54 Å². The van der Waals surface area contributed by atoms with Crippen molar-refractivity contribution in [1.82, 2.24) is 9.97 Å². The molecule has 0 bridgehead atoms. The Balaban J connectivity index is 2.04. The van der Waals surface area contributed by atoms with Crippen LogP contribution in [0.5, 0.6) is 0 Å². The second kappa shape index (κ2) is 5.60. The third-order valence-corrected chi connectivity index (χ3v) is 4.19. The van der Waals surface area contributed by atoms with Crippen molar-refractivity contribution >= 4 is 0 Å². The van der Waals surface area contributed by atoms with Gasteiger partial charge in [0.2, 0.25) is 0 Å². The van der Waals surface area contributed by atoms with Crippen LogP contribution in [0, 0.1) is 10.1 Å². The molecule has 0 N–H and O–H groups in total. The third-order valence-electron chi connectivity index (χ3n) is 4.19. The Morgan fingerprint density at radius 1 is 1.05 bits per heavy atom. The molecule has 3 rings (SSSR count). The lowest BCUT2D eigenvalue weighted by atomic mass is 9.79. The summed E-state index contributed by atoms with van der Waals surface area (Å²) in [6.07, 6.45) is 5.57. The average Bonchev–Trinajstić information content (AvgIpc) is 2.56. The Bertz CT molecular complexity index is 637. The predicted molar refractivity (Wildman–Crippen MR) is 79.2 cm³/mol. The van der Waals surface area contributed by atoms with Crippen LogP contribution in [-0.4, -0.2) is 14.9 Å². The van der Waals surface area contributed by atoms with Gasteiger partial charge in [0.1, 0.15) is 5.69 Å². The summed E-state index contributed by atoms with van der Waals surface area (Å²) in [5.74, 6) is 0.555. The molecule has 1 fully saturated rings. The number of benzene rings is 1. The van der Waals surface area contributed by atoms with E-state index in [1.807, 2.05) is 30.3 Å². The maximum absolute atomic E-state index is 11.7. The molecule has 1 aromatic carbocycles. The van der Waals surface area contributed by atoms with Crippen LogP contribution in [0.3, 0.4) is 0 Å². The average molecular weight is 283 g/mol. The van der Waals surface area contributed by atoms with E-state index in [4.69, 9.17) is 0 Å². The fourth-order valence-corrected chi connectivity index (χ4v) is 3.01. The number of aromatic nitrogens is 2. The highest BCUT2D eigenvalue weighted by Crippen LogP contribution is 2.39. The molecule has 0 unspecified atom stereocenters. The van der Waals surface area contributed by atoms with Crippen LogP contribution in [0.4, 0.5) is 0 Å². The van der Waals surface area contributed by atoms with Gasteiger partial charge in [0.05, 0.1) is 0 Å². The zero-order valence-corrected chi connectivity index (χ0v) is 11.7. The van der Waals surface area contributed by atoms with Crippen LogP contribution in [0.25, 0.3) is 11.4 Å². The van der Waals surface area contributed by atoms with Crippen LogP contribution < -0.4 is 0 Å². The van der Waals surface area contributed by atoms with Gasteiger partial charge in [-0.1, -0.05) is 36.8 Å². The lowest BCUT2D eigenvalue weighted by molar-refractivity contribution is -0.585. The molecule has 21 heavy (non-hydrogen) atoms. The number of hydrogen-bond acceptors (Lipinski definition) is 4. The van der Waals surface area contributed by atoms with Gasteiger partial charge in [-0.3, -0.25) is 10.1 Å². The van der Waals surface area contributed by atoms with E-state index in [0.29, 0.717) is 24.4 Å². The van der Waals surface area contributed by atoms with Gasteiger partial charge in [0.15, 0.2) is 5.82 Å². The van der Waals surface area contributed by atoms with E-state index in [9.17, 15) is 10.1 Å². The zero-order chi connectivity index (χ0) is 14.7. The van der Waals surface area contributed by atoms with E-state index >= 15 is 0 Å². The molecule has 1 saturated carbocycles. The highest BCUT2D eigenvalue weighted by molar-refractivity contribution is 5.54. The Labute approximate surface area is 123 Å². The Morgan fingerprint density at radius 2 is 1.76 bits per heavy atom. The zero-order valence-electron chi connectivity index (χ0n) is 11.7. The van der Waals surface area contributed by atoms with Crippen molar-refractivity contribution in [3.63, 3.8) is 0 Å². The highest BCUT2D eigenvalue weighted by Gasteiger charge is 2.47. The van der Waals surface area contributed by atoms with Crippen molar-refractivity contribution in [3.8, 4) is 11.4 Å². The first-order valence-corrected chi connectivity index (χ1v) is 7.26. The lowest BCUT2D eigenvalue weighted by Crippen LogP contribution is -2.38. The SMILES string of the molecule is O=[N+]([O-])C1(c2ccnc(-c3ccccc3)n2)CCCCC1. The Kier molecular flexibility index (Phi) is 3.64. The molecule has 5 heteroatoms. The maximum Gasteiger partial charge on any atom is 0.263 e. The highest BCUT2D eigenvalue weighted by atomic mass is 16.6. The minimum Gasteiger partial charge on any atom is -0.264 e. The van der Waals surface area contributed by atoms with Gasteiger partial charge < -0.3 is 0 Å². The molecule has 0 atom stereocenters. The quantitative estimate of drug-likeness (QED) is 0.637. The smallest absolute Gasteiger partial charge is 0.263 e. The molecule has 0 amide bonds. The molecule has 1 aromatic heterocycles. The largest absolute Gasteiger partial charge is 0.264 e. The fraction of sp³-hybridized carbons (Fsp3) is 0.375. The van der Waals surface area contributed by atoms with Crippen molar-refractivity contribution in [2.24, 2.45) is 0 Å². The number of hydrogen-bond donors (Lipinski definition) is 0. The second-order valence-corrected chi connectivity index (χ2v) is 5.48. The fourth-order valence-electron chi connectivity index (χ4n) is 3.01. The molecule has 1 aliphatic rings. The van der Waals surface area contributed by atoms with Crippen molar-refractivity contribution in [1.29, 1.82) is 0 Å². The van der Waals surface area contributed by atoms with E-state index < -0.39 is 5.54 Å². The molecule has 0 aliphatic heterocycles. The summed E-state index contributed by atoms with van der Waals surface area (Å²) in [7, 11) is 0. The van der Waals surface area contributed by atoms with Crippen molar-refractivity contribution in [2.75, 3.05) is 0 Å². The molecule has 108 valence electrons. The van der Waals surface area contributed by atoms with Crippen LogP contribution in [0.15, 0.2) is 42.6 Å². The first kappa shape index (κ1) is 13.7. The first-order chi connectivity index (χ1) is 10.2. The lowest BCUT2D eigenvalue weighted by Gasteiger charge is -2.28. The molecule has 1 aliphatic carbocycles. The number of nitrogens with zero attached hydrogens (tertiary/aromatic N) is 3. The van der Waals surface area contributed by atoms with Gasteiger partial charge in [-0.25, -0.2) is 9.97 Å². The predicted octanol–water partition coefficient (Wildman–Crippen LogP) is 3.58. The molecule has 0 saturated heterocycles. The molecule has 5 nitrogen and oxygen atoms in total. The van der Waals surface area contributed by atoms with Crippen molar-refractivity contribution < 1.29 is 4.92 Å². The molecule has 0 radical (unpaired) electrons. The van der Waals surface area contributed by atoms with Crippen LogP contribution >= 0.6 is 0 Å². The maximum atomic E-state index is 11.7. The van der Waals surface area contributed by atoms with Crippen LogP contribution in [0.1, 0.15) is 37.8 Å². The van der Waals surface area contributed by atoms with Gasteiger partial charge >= 0.3 is 0 Å². The summed E-state index contributed by atoms with van der Waals surface area (Å²) in [5, 5.41) is 11.7. The first-order valence-electron chi connectivity index (χ1n) is 7.26. The molecule has 2 aromatic rings. The summed E-state index contributed by atoms with van der Waals surface area (Å²) in [6, 6.07) is 11.3. The van der Waals surface area contributed by atoms with Crippen molar-refractivity contribution in [2.45, 2.75) is 37.6 Å². The van der Waals surface area contributed by atoms with Gasteiger partial charge in [-0.2, -0.15) is 0 Å². The van der Waals surface area contributed by atoms with E-state index in [2.05, 4.69) is 9.97 Å². The molecular weight excluding hydrogens is 266 g/mol. The summed E-state index contributed by atoms with van der Waals surface area (Å²) in [6.45, 7) is 0. The summed E-state index contributed by atoms with van der Waals surface area (Å²) in [5.41, 5.74) is 0.389. The monoisotopic (exact) mass is 283 g/mol. The summed E-state index contributed by atoms with van der Waals surface area (Å²) >= 11 is 0. The minimum atomic E-state index is -1.04. The van der Waals surface area contributed by atoms with Gasteiger partial charge in [-0.05, 0) is 18.9 Å². The number of nitro groups is 1. The van der Waals surface area contributed by atoms with E-state index in [-0.39, 0.29) is 4.92 Å². The van der Waals surface area contributed by atoms with Crippen molar-refractivity contribution in [3.05, 3.63) is 58.4 Å². The Hall–Kier alpha value is -2.30.